The first-order valence-corrected chi connectivity index (χ1v) is 11.6. The van der Waals surface area contributed by atoms with Crippen LogP contribution in [-0.4, -0.2) is 28.4 Å². The number of likely N-dealkylation sites (tertiary alicyclic amines) is 1. The molecule has 5 rings (SSSR count). The van der Waals surface area contributed by atoms with E-state index in [2.05, 4.69) is 31.7 Å². The first-order chi connectivity index (χ1) is 13.3. The van der Waals surface area contributed by atoms with Crippen molar-refractivity contribution < 1.29 is 4.79 Å². The predicted molar refractivity (Wildman–Crippen MR) is 116 cm³/mol. The molecule has 0 radical (unpaired) electrons. The number of amides is 1. The number of hydrogen-bond acceptors (Lipinski definition) is 4. The number of aromatic nitrogens is 1. The van der Waals surface area contributed by atoms with E-state index in [9.17, 15) is 4.79 Å². The number of pyridine rings is 1. The van der Waals surface area contributed by atoms with E-state index in [-0.39, 0.29) is 11.3 Å². The number of nitrogens with zero attached hydrogens (tertiary/aromatic N) is 2. The molecule has 2 atom stereocenters. The minimum atomic E-state index is 0.123. The fourth-order valence-electron chi connectivity index (χ4n) is 6.17. The van der Waals surface area contributed by atoms with Gasteiger partial charge in [-0.3, -0.25) is 4.79 Å². The van der Waals surface area contributed by atoms with Crippen LogP contribution < -0.4 is 5.73 Å². The molecular weight excluding hydrogens is 366 g/mol. The predicted octanol–water partition coefficient (Wildman–Crippen LogP) is 5.19. The fourth-order valence-corrected chi connectivity index (χ4v) is 7.22. The van der Waals surface area contributed by atoms with Gasteiger partial charge < -0.3 is 10.6 Å². The van der Waals surface area contributed by atoms with Gasteiger partial charge in [-0.05, 0) is 67.4 Å². The SMILES string of the molecule is CC12CCN(C(=O)c3sc4nc5c(cc4c3N)CCCCC5)C(C1)C(C)(C)C2. The second kappa shape index (κ2) is 6.19. The van der Waals surface area contributed by atoms with Crippen LogP contribution >= 0.6 is 11.3 Å². The molecule has 2 N–H and O–H groups in total. The number of carbonyl (C=O) groups excluding carboxylic acids is 1. The van der Waals surface area contributed by atoms with Gasteiger partial charge >= 0.3 is 0 Å². The van der Waals surface area contributed by atoms with Crippen LogP contribution in [0.15, 0.2) is 6.07 Å². The second-order valence-corrected chi connectivity index (χ2v) is 11.3. The maximum absolute atomic E-state index is 13.6. The molecular formula is C23H31N3OS. The Morgan fingerprint density at radius 3 is 2.86 bits per heavy atom. The number of piperidine rings is 1. The Hall–Kier alpha value is -1.62. The molecule has 4 nitrogen and oxygen atoms in total. The molecule has 2 bridgehead atoms. The Morgan fingerprint density at radius 1 is 1.25 bits per heavy atom. The number of fused-ring (bicyclic) bond motifs is 4. The van der Waals surface area contributed by atoms with Crippen LogP contribution in [0.2, 0.25) is 0 Å². The first kappa shape index (κ1) is 18.4. The summed E-state index contributed by atoms with van der Waals surface area (Å²) in [6.45, 7) is 7.88. The lowest BCUT2D eigenvalue weighted by atomic mass is 9.81. The van der Waals surface area contributed by atoms with Gasteiger partial charge in [-0.15, -0.1) is 11.3 Å². The highest BCUT2D eigenvalue weighted by molar-refractivity contribution is 7.21. The summed E-state index contributed by atoms with van der Waals surface area (Å²) >= 11 is 1.50. The monoisotopic (exact) mass is 397 g/mol. The summed E-state index contributed by atoms with van der Waals surface area (Å²) in [6, 6.07) is 2.53. The van der Waals surface area contributed by atoms with Gasteiger partial charge in [-0.2, -0.15) is 0 Å². The highest BCUT2D eigenvalue weighted by Gasteiger charge is 2.53. The first-order valence-electron chi connectivity index (χ1n) is 10.8. The third-order valence-corrected chi connectivity index (χ3v) is 8.61. The Morgan fingerprint density at radius 2 is 2.04 bits per heavy atom. The highest BCUT2D eigenvalue weighted by atomic mass is 32.1. The summed E-state index contributed by atoms with van der Waals surface area (Å²) < 4.78 is 0. The van der Waals surface area contributed by atoms with Gasteiger partial charge in [0, 0.05) is 23.7 Å². The highest BCUT2D eigenvalue weighted by Crippen LogP contribution is 2.56. The zero-order chi connectivity index (χ0) is 19.7. The molecule has 2 aromatic rings. The average Bonchev–Trinajstić information content (AvgIpc) is 2.92. The van der Waals surface area contributed by atoms with E-state index in [0.29, 0.717) is 22.0 Å². The van der Waals surface area contributed by atoms with Crippen molar-refractivity contribution in [2.24, 2.45) is 10.8 Å². The van der Waals surface area contributed by atoms with Crippen molar-refractivity contribution in [3.05, 3.63) is 22.2 Å². The molecule has 2 unspecified atom stereocenters. The zero-order valence-electron chi connectivity index (χ0n) is 17.3. The smallest absolute Gasteiger partial charge is 0.266 e. The molecule has 0 aromatic carbocycles. The molecule has 5 heteroatoms. The fraction of sp³-hybridized carbons (Fsp3) is 0.652. The van der Waals surface area contributed by atoms with E-state index in [1.54, 1.807) is 0 Å². The van der Waals surface area contributed by atoms with Crippen LogP contribution in [-0.2, 0) is 12.8 Å². The van der Waals surface area contributed by atoms with Gasteiger partial charge in [0.15, 0.2) is 0 Å². The van der Waals surface area contributed by atoms with E-state index in [4.69, 9.17) is 10.7 Å². The van der Waals surface area contributed by atoms with Gasteiger partial charge in [0.1, 0.15) is 9.71 Å². The minimum absolute atomic E-state index is 0.123. The number of carbonyl (C=O) groups is 1. The van der Waals surface area contributed by atoms with Gasteiger partial charge in [-0.25, -0.2) is 4.98 Å². The van der Waals surface area contributed by atoms with E-state index in [1.807, 2.05) is 0 Å². The van der Waals surface area contributed by atoms with E-state index in [0.717, 1.165) is 42.4 Å². The molecule has 2 aromatic heterocycles. The van der Waals surface area contributed by atoms with Crippen molar-refractivity contribution in [2.75, 3.05) is 12.3 Å². The number of anilines is 1. The van der Waals surface area contributed by atoms with Crippen molar-refractivity contribution in [1.82, 2.24) is 9.88 Å². The Bertz CT molecular complexity index is 962. The molecule has 0 spiro atoms. The lowest BCUT2D eigenvalue weighted by Crippen LogP contribution is -2.48. The van der Waals surface area contributed by atoms with Crippen LogP contribution in [0.3, 0.4) is 0 Å². The zero-order valence-corrected chi connectivity index (χ0v) is 18.1. The minimum Gasteiger partial charge on any atom is -0.397 e. The molecule has 1 amide bonds. The van der Waals surface area contributed by atoms with Gasteiger partial charge in [0.05, 0.1) is 5.69 Å². The molecule has 28 heavy (non-hydrogen) atoms. The van der Waals surface area contributed by atoms with Crippen LogP contribution in [0.1, 0.15) is 80.2 Å². The summed E-state index contributed by atoms with van der Waals surface area (Å²) in [5.74, 6) is 0.123. The van der Waals surface area contributed by atoms with Gasteiger partial charge in [-0.1, -0.05) is 27.2 Å². The lowest BCUT2D eigenvalue weighted by molar-refractivity contribution is 0.0480. The third kappa shape index (κ3) is 2.77. The normalized spacial score (nSPS) is 29.0. The van der Waals surface area contributed by atoms with Crippen molar-refractivity contribution >= 4 is 33.1 Å². The molecule has 2 fully saturated rings. The maximum atomic E-state index is 13.6. The molecule has 150 valence electrons. The number of aryl methyl sites for hydroxylation is 2. The lowest BCUT2D eigenvalue weighted by Gasteiger charge is -2.40. The van der Waals surface area contributed by atoms with Crippen molar-refractivity contribution in [1.29, 1.82) is 0 Å². The summed E-state index contributed by atoms with van der Waals surface area (Å²) in [6.07, 6.45) is 9.24. The average molecular weight is 398 g/mol. The van der Waals surface area contributed by atoms with Crippen LogP contribution in [0.4, 0.5) is 5.69 Å². The number of thiophene rings is 1. The van der Waals surface area contributed by atoms with Crippen LogP contribution in [0.25, 0.3) is 10.2 Å². The van der Waals surface area contributed by atoms with Gasteiger partial charge in [0.2, 0.25) is 0 Å². The largest absolute Gasteiger partial charge is 0.397 e. The second-order valence-electron chi connectivity index (χ2n) is 10.3. The molecule has 3 aliphatic rings. The maximum Gasteiger partial charge on any atom is 0.266 e. The van der Waals surface area contributed by atoms with Crippen LogP contribution in [0.5, 0.6) is 0 Å². The third-order valence-electron chi connectivity index (χ3n) is 7.51. The van der Waals surface area contributed by atoms with Crippen molar-refractivity contribution in [2.45, 2.75) is 78.2 Å². The van der Waals surface area contributed by atoms with E-state index < -0.39 is 0 Å². The Balaban J connectivity index is 1.52. The molecule has 3 heterocycles. The standard InChI is InChI=1S/C23H31N3OS/c1-22(2)13-23(3)9-10-26(17(22)12-23)21(27)19-18(24)15-11-14-7-5-4-6-8-16(14)25-20(15)28-19/h11,17H,4-10,12-13,24H2,1-3H3. The Labute approximate surface area is 171 Å². The molecule has 1 saturated carbocycles. The van der Waals surface area contributed by atoms with E-state index >= 15 is 0 Å². The number of rotatable bonds is 1. The summed E-state index contributed by atoms with van der Waals surface area (Å²) in [5, 5.41) is 0.988. The van der Waals surface area contributed by atoms with E-state index in [1.165, 1.54) is 48.3 Å². The molecule has 2 aliphatic carbocycles. The van der Waals surface area contributed by atoms with Gasteiger partial charge in [0.25, 0.3) is 5.91 Å². The topological polar surface area (TPSA) is 59.2 Å². The summed E-state index contributed by atoms with van der Waals surface area (Å²) in [4.78, 5) is 22.3. The summed E-state index contributed by atoms with van der Waals surface area (Å²) in [7, 11) is 0. The number of nitrogen functional groups attached to an aromatic ring is 1. The molecule has 1 aliphatic heterocycles. The number of hydrogen-bond donors (Lipinski definition) is 1. The molecule has 1 saturated heterocycles. The Kier molecular flexibility index (Phi) is 4.07. The van der Waals surface area contributed by atoms with Crippen LogP contribution in [0, 0.1) is 10.8 Å². The quantitative estimate of drug-likeness (QED) is 0.674. The van der Waals surface area contributed by atoms with Crippen molar-refractivity contribution in [3.8, 4) is 0 Å². The van der Waals surface area contributed by atoms with Crippen molar-refractivity contribution in [3.63, 3.8) is 0 Å². The summed E-state index contributed by atoms with van der Waals surface area (Å²) in [5.41, 5.74) is 10.3. The number of nitrogens with two attached hydrogens (primary N) is 1.